The second-order valence-corrected chi connectivity index (χ2v) is 2.75. The summed E-state index contributed by atoms with van der Waals surface area (Å²) in [5.74, 6) is -6.10. The molecule has 70 valence electrons. The molecule has 2 atom stereocenters. The smallest absolute Gasteiger partial charge is 0.315 e. The predicted octanol–water partition coefficient (Wildman–Crippen LogP) is 0.389. The summed E-state index contributed by atoms with van der Waals surface area (Å²) >= 11 is 0. The third kappa shape index (κ3) is 1.29. The summed E-state index contributed by atoms with van der Waals surface area (Å²) < 4.78 is 29.8. The van der Waals surface area contributed by atoms with Crippen LogP contribution in [-0.2, 0) is 9.53 Å². The third-order valence-electron chi connectivity index (χ3n) is 2.00. The van der Waals surface area contributed by atoms with Gasteiger partial charge < -0.3 is 10.5 Å². The molecule has 0 spiro atoms. The van der Waals surface area contributed by atoms with Gasteiger partial charge in [-0.2, -0.15) is 0 Å². The zero-order valence-corrected chi connectivity index (χ0v) is 6.72. The zero-order valence-electron chi connectivity index (χ0n) is 6.72. The van der Waals surface area contributed by atoms with Gasteiger partial charge in [0.15, 0.2) is 0 Å². The third-order valence-corrected chi connectivity index (χ3v) is 2.00. The van der Waals surface area contributed by atoms with Crippen LogP contribution in [0.3, 0.4) is 0 Å². The molecule has 1 aliphatic rings. The summed E-state index contributed by atoms with van der Waals surface area (Å²) in [6.07, 6.45) is 0. The van der Waals surface area contributed by atoms with Crippen LogP contribution in [0, 0.1) is 11.8 Å². The topological polar surface area (TPSA) is 52.3 Å². The number of hydrogen-bond acceptors (Lipinski definition) is 3. The molecule has 0 radical (unpaired) electrons. The van der Waals surface area contributed by atoms with Gasteiger partial charge in [-0.25, -0.2) is 8.78 Å². The lowest BCUT2D eigenvalue weighted by Gasteiger charge is -1.97. The molecule has 12 heavy (non-hydrogen) atoms. The lowest BCUT2D eigenvalue weighted by atomic mass is 10.3. The Morgan fingerprint density at radius 2 is 2.25 bits per heavy atom. The van der Waals surface area contributed by atoms with Gasteiger partial charge in [0.1, 0.15) is 5.92 Å². The van der Waals surface area contributed by atoms with E-state index in [0.717, 1.165) is 0 Å². The highest BCUT2D eigenvalue weighted by Crippen LogP contribution is 2.55. The van der Waals surface area contributed by atoms with E-state index in [9.17, 15) is 13.6 Å². The molecule has 0 unspecified atom stereocenters. The maximum Gasteiger partial charge on any atom is 0.315 e. The van der Waals surface area contributed by atoms with Crippen LogP contribution in [0.1, 0.15) is 6.92 Å². The first-order valence-electron chi connectivity index (χ1n) is 3.80. The van der Waals surface area contributed by atoms with Crippen LogP contribution in [-0.4, -0.2) is 25.0 Å². The molecule has 2 N–H and O–H groups in total. The van der Waals surface area contributed by atoms with E-state index in [1.807, 2.05) is 0 Å². The van der Waals surface area contributed by atoms with E-state index >= 15 is 0 Å². The molecule has 1 rings (SSSR count). The number of halogens is 2. The molecule has 1 saturated carbocycles. The van der Waals surface area contributed by atoms with Crippen molar-refractivity contribution in [3.8, 4) is 0 Å². The number of ether oxygens (including phenoxy) is 1. The summed E-state index contributed by atoms with van der Waals surface area (Å²) in [6, 6.07) is 0. The molecule has 0 aromatic rings. The average molecular weight is 179 g/mol. The van der Waals surface area contributed by atoms with E-state index in [4.69, 9.17) is 5.73 Å². The maximum absolute atomic E-state index is 12.7. The Hall–Kier alpha value is -0.710. The highest BCUT2D eigenvalue weighted by molar-refractivity contribution is 5.78. The van der Waals surface area contributed by atoms with Gasteiger partial charge in [0, 0.05) is 6.54 Å². The van der Waals surface area contributed by atoms with Crippen molar-refractivity contribution in [2.45, 2.75) is 12.8 Å². The van der Waals surface area contributed by atoms with E-state index in [1.54, 1.807) is 6.92 Å². The molecule has 3 nitrogen and oxygen atoms in total. The fourth-order valence-electron chi connectivity index (χ4n) is 1.24. The van der Waals surface area contributed by atoms with Gasteiger partial charge >= 0.3 is 5.97 Å². The Kier molecular flexibility index (Phi) is 2.32. The molecule has 0 aliphatic heterocycles. The Morgan fingerprint density at radius 1 is 1.67 bits per heavy atom. The van der Waals surface area contributed by atoms with Crippen molar-refractivity contribution in [2.24, 2.45) is 17.6 Å². The van der Waals surface area contributed by atoms with Crippen molar-refractivity contribution in [1.82, 2.24) is 0 Å². The molecule has 0 bridgehead atoms. The summed E-state index contributed by atoms with van der Waals surface area (Å²) in [6.45, 7) is 1.54. The van der Waals surface area contributed by atoms with Crippen molar-refractivity contribution in [3.63, 3.8) is 0 Å². The molecule has 5 heteroatoms. The Labute approximate surface area is 68.9 Å². The van der Waals surface area contributed by atoms with E-state index in [0.29, 0.717) is 0 Å². The Morgan fingerprint density at radius 3 is 2.58 bits per heavy atom. The van der Waals surface area contributed by atoms with Gasteiger partial charge in [-0.1, -0.05) is 0 Å². The van der Waals surface area contributed by atoms with Crippen LogP contribution >= 0.6 is 0 Å². The fraction of sp³-hybridized carbons (Fsp3) is 0.857. The molecule has 1 aliphatic carbocycles. The van der Waals surface area contributed by atoms with Crippen LogP contribution < -0.4 is 5.73 Å². The van der Waals surface area contributed by atoms with Crippen LogP contribution in [0.2, 0.25) is 0 Å². The lowest BCUT2D eigenvalue weighted by Crippen LogP contribution is -2.12. The van der Waals surface area contributed by atoms with Gasteiger partial charge in [0.05, 0.1) is 12.5 Å². The summed E-state index contributed by atoms with van der Waals surface area (Å²) in [5.41, 5.74) is 5.05. The standard InChI is InChI=1S/C7H11F2NO2/c1-2-12-6(11)5-4(3-10)7(5,8)9/h4-5H,2-3,10H2,1H3/t4-,5-/m0/s1. The normalized spacial score (nSPS) is 31.3. The molecule has 0 amide bonds. The van der Waals surface area contributed by atoms with Crippen molar-refractivity contribution in [1.29, 1.82) is 0 Å². The molecule has 1 fully saturated rings. The van der Waals surface area contributed by atoms with Crippen molar-refractivity contribution in [2.75, 3.05) is 13.2 Å². The maximum atomic E-state index is 12.7. The molecule has 0 heterocycles. The second-order valence-electron chi connectivity index (χ2n) is 2.75. The minimum atomic E-state index is -2.94. The van der Waals surface area contributed by atoms with Crippen LogP contribution in [0.5, 0.6) is 0 Å². The Balaban J connectivity index is 2.51. The highest BCUT2D eigenvalue weighted by Gasteiger charge is 2.71. The first-order valence-corrected chi connectivity index (χ1v) is 3.80. The summed E-state index contributed by atoms with van der Waals surface area (Å²) in [7, 11) is 0. The lowest BCUT2D eigenvalue weighted by molar-refractivity contribution is -0.147. The molecule has 0 saturated heterocycles. The molecule has 0 aromatic heterocycles. The Bertz CT molecular complexity index is 196. The number of esters is 1. The van der Waals surface area contributed by atoms with E-state index in [1.165, 1.54) is 0 Å². The number of carbonyl (C=O) groups is 1. The van der Waals surface area contributed by atoms with E-state index in [-0.39, 0.29) is 13.2 Å². The van der Waals surface area contributed by atoms with Gasteiger partial charge in [0.2, 0.25) is 0 Å². The number of alkyl halides is 2. The van der Waals surface area contributed by atoms with Crippen LogP contribution in [0.15, 0.2) is 0 Å². The van der Waals surface area contributed by atoms with Gasteiger partial charge in [-0.3, -0.25) is 4.79 Å². The number of carbonyl (C=O) groups excluding carboxylic acids is 1. The first-order chi connectivity index (χ1) is 5.55. The predicted molar refractivity (Wildman–Crippen MR) is 37.6 cm³/mol. The number of hydrogen-bond donors (Lipinski definition) is 1. The van der Waals surface area contributed by atoms with Gasteiger partial charge in [0.25, 0.3) is 5.92 Å². The fourth-order valence-corrected chi connectivity index (χ4v) is 1.24. The first kappa shape index (κ1) is 9.38. The number of nitrogens with two attached hydrogens (primary N) is 1. The molecular weight excluding hydrogens is 168 g/mol. The van der Waals surface area contributed by atoms with Crippen molar-refractivity contribution in [3.05, 3.63) is 0 Å². The molecular formula is C7H11F2NO2. The SMILES string of the molecule is CCOC(=O)[C@@H]1[C@H](CN)C1(F)F. The summed E-state index contributed by atoms with van der Waals surface area (Å²) in [5, 5.41) is 0. The van der Waals surface area contributed by atoms with E-state index in [2.05, 4.69) is 4.74 Å². The van der Waals surface area contributed by atoms with Crippen LogP contribution in [0.25, 0.3) is 0 Å². The average Bonchev–Trinajstić information content (AvgIpc) is 2.53. The molecule has 0 aromatic carbocycles. The van der Waals surface area contributed by atoms with Gasteiger partial charge in [-0.05, 0) is 6.92 Å². The largest absolute Gasteiger partial charge is 0.466 e. The van der Waals surface area contributed by atoms with Crippen LogP contribution in [0.4, 0.5) is 8.78 Å². The van der Waals surface area contributed by atoms with E-state index < -0.39 is 23.7 Å². The number of rotatable bonds is 3. The summed E-state index contributed by atoms with van der Waals surface area (Å²) in [4.78, 5) is 10.8. The minimum absolute atomic E-state index is 0.128. The highest BCUT2D eigenvalue weighted by atomic mass is 19.3. The van der Waals surface area contributed by atoms with Gasteiger partial charge in [-0.15, -0.1) is 0 Å². The zero-order chi connectivity index (χ0) is 9.35. The van der Waals surface area contributed by atoms with Crippen molar-refractivity contribution < 1.29 is 18.3 Å². The second kappa shape index (κ2) is 2.97. The quantitative estimate of drug-likeness (QED) is 0.637. The van der Waals surface area contributed by atoms with Crippen molar-refractivity contribution >= 4 is 5.97 Å². The monoisotopic (exact) mass is 179 g/mol. The minimum Gasteiger partial charge on any atom is -0.466 e.